The molecule has 0 aliphatic heterocycles. The van der Waals surface area contributed by atoms with E-state index < -0.39 is 10.8 Å². The number of methoxy groups -OCH3 is 1. The average Bonchev–Trinajstić information content (AvgIpc) is 2.37. The van der Waals surface area contributed by atoms with Gasteiger partial charge < -0.3 is 10.1 Å². The summed E-state index contributed by atoms with van der Waals surface area (Å²) in [6, 6.07) is 4.21. The molecule has 1 N–H and O–H groups in total. The zero-order valence-corrected chi connectivity index (χ0v) is 10.7. The largest absolute Gasteiger partial charge is 0.496 e. The molecule has 0 saturated heterocycles. The molecule has 7 heteroatoms. The molecule has 0 bridgehead atoms. The summed E-state index contributed by atoms with van der Waals surface area (Å²) < 4.78 is 4.90. The number of benzene rings is 1. The van der Waals surface area contributed by atoms with Crippen LogP contribution >= 0.6 is 11.6 Å². The van der Waals surface area contributed by atoms with Crippen LogP contribution in [0.15, 0.2) is 18.2 Å². The lowest BCUT2D eigenvalue weighted by molar-refractivity contribution is -0.384. The minimum atomic E-state index is -0.580. The minimum Gasteiger partial charge on any atom is -0.496 e. The van der Waals surface area contributed by atoms with E-state index >= 15 is 0 Å². The highest BCUT2D eigenvalue weighted by Crippen LogP contribution is 2.29. The fourth-order valence-corrected chi connectivity index (χ4v) is 1.36. The molecule has 1 amide bonds. The van der Waals surface area contributed by atoms with Crippen LogP contribution < -0.4 is 10.1 Å². The highest BCUT2D eigenvalue weighted by molar-refractivity contribution is 6.19. The van der Waals surface area contributed by atoms with Crippen LogP contribution in [0.5, 0.6) is 5.75 Å². The number of alkyl halides is 1. The number of carbonyl (C=O) groups excluding carboxylic acids is 1. The van der Waals surface area contributed by atoms with E-state index in [1.165, 1.54) is 25.3 Å². The van der Waals surface area contributed by atoms with Crippen LogP contribution in [-0.2, 0) is 4.79 Å². The van der Waals surface area contributed by atoms with Gasteiger partial charge in [0.1, 0.15) is 11.4 Å². The first-order valence-electron chi connectivity index (χ1n) is 5.18. The van der Waals surface area contributed by atoms with Crippen molar-refractivity contribution in [3.63, 3.8) is 0 Å². The van der Waals surface area contributed by atoms with Gasteiger partial charge in [-0.25, -0.2) is 0 Å². The van der Waals surface area contributed by atoms with E-state index in [1.807, 2.05) is 0 Å². The predicted molar refractivity (Wildman–Crippen MR) is 68.2 cm³/mol. The lowest BCUT2D eigenvalue weighted by Gasteiger charge is -2.10. The molecule has 0 spiro atoms. The Morgan fingerprint density at radius 3 is 2.78 bits per heavy atom. The van der Waals surface area contributed by atoms with Gasteiger partial charge >= 0.3 is 0 Å². The van der Waals surface area contributed by atoms with Gasteiger partial charge in [0.15, 0.2) is 0 Å². The number of ether oxygens (including phenoxy) is 1. The van der Waals surface area contributed by atoms with Crippen LogP contribution in [0, 0.1) is 16.0 Å². The quantitative estimate of drug-likeness (QED) is 0.507. The van der Waals surface area contributed by atoms with Crippen LogP contribution in [0.25, 0.3) is 0 Å². The predicted octanol–water partition coefficient (Wildman–Crippen LogP) is 2.42. The minimum absolute atomic E-state index is 0.128. The van der Waals surface area contributed by atoms with Crippen LogP contribution in [0.1, 0.15) is 6.92 Å². The molecular weight excluding hydrogens is 260 g/mol. The maximum Gasteiger partial charge on any atom is 0.296 e. The fraction of sp³-hybridized carbons (Fsp3) is 0.364. The van der Waals surface area contributed by atoms with E-state index in [1.54, 1.807) is 6.92 Å². The summed E-state index contributed by atoms with van der Waals surface area (Å²) in [4.78, 5) is 21.9. The number of nitrogens with zero attached hydrogens (tertiary/aromatic N) is 1. The lowest BCUT2D eigenvalue weighted by atomic mass is 10.2. The van der Waals surface area contributed by atoms with Crippen molar-refractivity contribution in [1.82, 2.24) is 0 Å². The molecule has 98 valence electrons. The molecule has 0 aliphatic rings. The molecule has 0 radical (unpaired) electrons. The number of hydrogen-bond donors (Lipinski definition) is 1. The number of rotatable bonds is 5. The smallest absolute Gasteiger partial charge is 0.296 e. The standard InChI is InChI=1S/C11H13ClN2O4/c1-7(6-12)11(15)13-9-4-3-8(18-2)5-10(9)14(16)17/h3-5,7H,6H2,1-2H3,(H,13,15). The zero-order chi connectivity index (χ0) is 13.7. The van der Waals surface area contributed by atoms with Crippen LogP contribution in [-0.4, -0.2) is 23.8 Å². The zero-order valence-electron chi connectivity index (χ0n) is 9.97. The Balaban J connectivity index is 3.01. The summed E-state index contributed by atoms with van der Waals surface area (Å²) in [6.45, 7) is 1.64. The van der Waals surface area contributed by atoms with E-state index in [4.69, 9.17) is 16.3 Å². The number of halogens is 1. The molecule has 0 saturated carbocycles. The first-order valence-corrected chi connectivity index (χ1v) is 5.72. The van der Waals surface area contributed by atoms with Gasteiger partial charge in [0, 0.05) is 11.8 Å². The normalized spacial score (nSPS) is 11.7. The van der Waals surface area contributed by atoms with Crippen molar-refractivity contribution >= 4 is 28.9 Å². The second-order valence-corrected chi connectivity index (χ2v) is 3.99. The summed E-state index contributed by atoms with van der Waals surface area (Å²) in [5.74, 6) is -0.285. The van der Waals surface area contributed by atoms with Crippen molar-refractivity contribution in [2.45, 2.75) is 6.92 Å². The molecule has 0 aromatic heterocycles. The SMILES string of the molecule is COc1ccc(NC(=O)C(C)CCl)c([N+](=O)[O-])c1. The molecule has 1 unspecified atom stereocenters. The Bertz CT molecular complexity index is 464. The maximum absolute atomic E-state index is 11.6. The fourth-order valence-electron chi connectivity index (χ4n) is 1.22. The van der Waals surface area contributed by atoms with Gasteiger partial charge in [0.2, 0.25) is 5.91 Å². The van der Waals surface area contributed by atoms with Crippen molar-refractivity contribution < 1.29 is 14.5 Å². The molecule has 1 rings (SSSR count). The van der Waals surface area contributed by atoms with E-state index in [2.05, 4.69) is 5.32 Å². The van der Waals surface area contributed by atoms with Crippen molar-refractivity contribution in [2.24, 2.45) is 5.92 Å². The molecular formula is C11H13ClN2O4. The number of nitro groups is 1. The summed E-state index contributed by atoms with van der Waals surface area (Å²) in [5.41, 5.74) is -0.0905. The lowest BCUT2D eigenvalue weighted by Crippen LogP contribution is -2.21. The Morgan fingerprint density at radius 1 is 1.61 bits per heavy atom. The van der Waals surface area contributed by atoms with Crippen molar-refractivity contribution in [1.29, 1.82) is 0 Å². The molecule has 1 atom stereocenters. The van der Waals surface area contributed by atoms with Crippen LogP contribution in [0.2, 0.25) is 0 Å². The van der Waals surface area contributed by atoms with Crippen molar-refractivity contribution in [3.05, 3.63) is 28.3 Å². The number of anilines is 1. The van der Waals surface area contributed by atoms with E-state index in [0.29, 0.717) is 5.75 Å². The van der Waals surface area contributed by atoms with Crippen molar-refractivity contribution in [2.75, 3.05) is 18.3 Å². The van der Waals surface area contributed by atoms with Gasteiger partial charge in [0.25, 0.3) is 5.69 Å². The summed E-state index contributed by atoms with van der Waals surface area (Å²) in [5, 5.41) is 13.4. The van der Waals surface area contributed by atoms with Crippen LogP contribution in [0.3, 0.4) is 0 Å². The molecule has 0 heterocycles. The molecule has 18 heavy (non-hydrogen) atoms. The topological polar surface area (TPSA) is 81.5 Å². The van der Waals surface area contributed by atoms with Gasteiger partial charge in [0.05, 0.1) is 18.1 Å². The Morgan fingerprint density at radius 2 is 2.28 bits per heavy atom. The van der Waals surface area contributed by atoms with Crippen molar-refractivity contribution in [3.8, 4) is 5.75 Å². The Kier molecular flexibility index (Phi) is 4.91. The van der Waals surface area contributed by atoms with Gasteiger partial charge in [-0.3, -0.25) is 14.9 Å². The molecule has 6 nitrogen and oxygen atoms in total. The summed E-state index contributed by atoms with van der Waals surface area (Å²) in [7, 11) is 1.41. The Labute approximate surface area is 109 Å². The van der Waals surface area contributed by atoms with Gasteiger partial charge in [-0.2, -0.15) is 0 Å². The third-order valence-electron chi connectivity index (χ3n) is 2.34. The highest BCUT2D eigenvalue weighted by Gasteiger charge is 2.19. The number of nitro benzene ring substituents is 1. The Hall–Kier alpha value is -1.82. The number of amides is 1. The van der Waals surface area contributed by atoms with Gasteiger partial charge in [-0.15, -0.1) is 11.6 Å². The van der Waals surface area contributed by atoms with Gasteiger partial charge in [-0.1, -0.05) is 6.92 Å². The third-order valence-corrected chi connectivity index (χ3v) is 2.80. The van der Waals surface area contributed by atoms with Gasteiger partial charge in [-0.05, 0) is 12.1 Å². The average molecular weight is 273 g/mol. The maximum atomic E-state index is 11.6. The monoisotopic (exact) mass is 272 g/mol. The number of hydrogen-bond acceptors (Lipinski definition) is 4. The second kappa shape index (κ2) is 6.20. The number of nitrogens with one attached hydrogen (secondary N) is 1. The second-order valence-electron chi connectivity index (χ2n) is 3.68. The third kappa shape index (κ3) is 3.33. The first-order chi connectivity index (χ1) is 8.49. The van der Waals surface area contributed by atoms with E-state index in [0.717, 1.165) is 0 Å². The molecule has 0 aliphatic carbocycles. The first kappa shape index (κ1) is 14.2. The molecule has 1 aromatic rings. The molecule has 1 aromatic carbocycles. The molecule has 0 fully saturated rings. The van der Waals surface area contributed by atoms with E-state index in [9.17, 15) is 14.9 Å². The number of carbonyl (C=O) groups is 1. The summed E-state index contributed by atoms with van der Waals surface area (Å²) >= 11 is 5.55. The van der Waals surface area contributed by atoms with Crippen LogP contribution in [0.4, 0.5) is 11.4 Å². The van der Waals surface area contributed by atoms with E-state index in [-0.39, 0.29) is 23.2 Å². The summed E-state index contributed by atoms with van der Waals surface area (Å²) in [6.07, 6.45) is 0. The highest BCUT2D eigenvalue weighted by atomic mass is 35.5.